The minimum absolute atomic E-state index is 0.0374. The first-order valence-electron chi connectivity index (χ1n) is 10.7. The minimum atomic E-state index is -0.0374. The molecule has 2 fully saturated rings. The number of ether oxygens (including phenoxy) is 1. The normalized spacial score (nSPS) is 22.0. The zero-order chi connectivity index (χ0) is 20.1. The summed E-state index contributed by atoms with van der Waals surface area (Å²) in [5, 5.41) is 0. The fraction of sp³-hybridized carbons (Fsp3) is 0.591. The Hall–Kier alpha value is -2.25. The molecule has 0 bridgehead atoms. The maximum absolute atomic E-state index is 13.1. The Bertz CT molecular complexity index is 788. The van der Waals surface area contributed by atoms with Gasteiger partial charge in [0.15, 0.2) is 0 Å². The van der Waals surface area contributed by atoms with Crippen LogP contribution >= 0.6 is 0 Å². The maximum atomic E-state index is 13.1. The molecule has 1 aliphatic heterocycles. The van der Waals surface area contributed by atoms with Gasteiger partial charge in [-0.3, -0.25) is 14.7 Å². The van der Waals surface area contributed by atoms with Crippen molar-refractivity contribution in [2.75, 3.05) is 19.6 Å². The summed E-state index contributed by atoms with van der Waals surface area (Å²) < 4.78 is 6.27. The van der Waals surface area contributed by atoms with E-state index in [1.165, 1.54) is 19.3 Å². The molecular formula is C22H31N5O2. The number of hydrogen-bond donors (Lipinski definition) is 1. The molecule has 1 aliphatic carbocycles. The number of hydrogen-bond acceptors (Lipinski definition) is 5. The lowest BCUT2D eigenvalue weighted by Gasteiger charge is -2.35. The highest BCUT2D eigenvalue weighted by molar-refractivity contribution is 5.79. The second kappa shape index (κ2) is 9.50. The molecule has 7 heteroatoms. The van der Waals surface area contributed by atoms with Gasteiger partial charge in [0.25, 0.3) is 0 Å². The summed E-state index contributed by atoms with van der Waals surface area (Å²) in [6, 6.07) is 6.21. The lowest BCUT2D eigenvalue weighted by atomic mass is 9.94. The highest BCUT2D eigenvalue weighted by Gasteiger charge is 2.33. The number of pyridine rings is 1. The third-order valence-electron chi connectivity index (χ3n) is 6.06. The number of carbonyl (C=O) groups is 1. The van der Waals surface area contributed by atoms with Gasteiger partial charge in [0.1, 0.15) is 0 Å². The van der Waals surface area contributed by atoms with E-state index in [2.05, 4.69) is 24.8 Å². The van der Waals surface area contributed by atoms with Gasteiger partial charge in [-0.1, -0.05) is 25.3 Å². The van der Waals surface area contributed by atoms with Gasteiger partial charge in [-0.05, 0) is 31.9 Å². The summed E-state index contributed by atoms with van der Waals surface area (Å²) in [4.78, 5) is 29.3. The number of aromatic amines is 1. The van der Waals surface area contributed by atoms with Crippen LogP contribution in [0.3, 0.4) is 0 Å². The van der Waals surface area contributed by atoms with Crippen molar-refractivity contribution >= 4 is 5.91 Å². The van der Waals surface area contributed by atoms with Crippen LogP contribution in [0.25, 0.3) is 0 Å². The van der Waals surface area contributed by atoms with Crippen LogP contribution in [0.15, 0.2) is 30.7 Å². The van der Waals surface area contributed by atoms with Crippen LogP contribution in [-0.2, 0) is 22.7 Å². The van der Waals surface area contributed by atoms with Crippen LogP contribution in [0.5, 0.6) is 0 Å². The van der Waals surface area contributed by atoms with Crippen molar-refractivity contribution in [3.05, 3.63) is 47.8 Å². The summed E-state index contributed by atoms with van der Waals surface area (Å²) in [7, 11) is 0. The maximum Gasteiger partial charge on any atom is 0.237 e. The van der Waals surface area contributed by atoms with Gasteiger partial charge < -0.3 is 14.6 Å². The Morgan fingerprint density at radius 2 is 2.03 bits per heavy atom. The molecule has 2 aromatic rings. The van der Waals surface area contributed by atoms with E-state index in [1.54, 1.807) is 12.5 Å². The van der Waals surface area contributed by atoms with Crippen LogP contribution in [-0.4, -0.2) is 62.4 Å². The van der Waals surface area contributed by atoms with E-state index in [4.69, 9.17) is 4.74 Å². The number of carbonyl (C=O) groups excluding carboxylic acids is 1. The summed E-state index contributed by atoms with van der Waals surface area (Å²) in [6.45, 7) is 4.94. The molecule has 1 atom stereocenters. The molecule has 0 aromatic carbocycles. The van der Waals surface area contributed by atoms with E-state index in [0.29, 0.717) is 38.8 Å². The second-order valence-corrected chi connectivity index (χ2v) is 8.24. The standard InChI is InChI=1S/C22H31N5O2/c1-17-21(25-16-24-17)13-26-11-20(29-15-18-7-5-6-10-23-18)12-27(22(28)14-26)19-8-3-2-4-9-19/h5-7,10,16,19-20H,2-4,8-9,11-15H2,1H3,(H,24,25). The average molecular weight is 398 g/mol. The topological polar surface area (TPSA) is 74.4 Å². The van der Waals surface area contributed by atoms with Gasteiger partial charge in [-0.15, -0.1) is 0 Å². The average Bonchev–Trinajstić information content (AvgIpc) is 3.07. The zero-order valence-electron chi connectivity index (χ0n) is 17.2. The monoisotopic (exact) mass is 397 g/mol. The van der Waals surface area contributed by atoms with Gasteiger partial charge in [0.05, 0.1) is 37.0 Å². The van der Waals surface area contributed by atoms with E-state index in [0.717, 1.165) is 29.9 Å². The smallest absolute Gasteiger partial charge is 0.237 e. The third-order valence-corrected chi connectivity index (χ3v) is 6.06. The van der Waals surface area contributed by atoms with Crippen molar-refractivity contribution in [3.8, 4) is 0 Å². The zero-order valence-corrected chi connectivity index (χ0v) is 17.2. The Labute approximate surface area is 172 Å². The summed E-state index contributed by atoms with van der Waals surface area (Å²) >= 11 is 0. The molecule has 3 heterocycles. The Kier molecular flexibility index (Phi) is 6.56. The SMILES string of the molecule is Cc1[nH]cnc1CN1CC(=O)N(C2CCCCC2)CC(OCc2ccccn2)C1. The molecule has 1 saturated carbocycles. The molecular weight excluding hydrogens is 366 g/mol. The van der Waals surface area contributed by atoms with E-state index >= 15 is 0 Å². The molecule has 2 aliphatic rings. The third kappa shape index (κ3) is 5.22. The van der Waals surface area contributed by atoms with E-state index in [9.17, 15) is 4.79 Å². The first-order valence-corrected chi connectivity index (χ1v) is 10.7. The van der Waals surface area contributed by atoms with Gasteiger partial charge in [0, 0.05) is 37.6 Å². The largest absolute Gasteiger partial charge is 0.369 e. The number of H-pyrrole nitrogens is 1. The fourth-order valence-electron chi connectivity index (χ4n) is 4.43. The van der Waals surface area contributed by atoms with Crippen LogP contribution in [0.2, 0.25) is 0 Å². The van der Waals surface area contributed by atoms with Crippen LogP contribution in [0.4, 0.5) is 0 Å². The molecule has 1 N–H and O–H groups in total. The number of amides is 1. The van der Waals surface area contributed by atoms with Crippen LogP contribution in [0.1, 0.15) is 49.2 Å². The van der Waals surface area contributed by atoms with Crippen molar-refractivity contribution in [1.29, 1.82) is 0 Å². The summed E-state index contributed by atoms with van der Waals surface area (Å²) in [5.41, 5.74) is 2.96. The van der Waals surface area contributed by atoms with Crippen molar-refractivity contribution in [2.24, 2.45) is 0 Å². The number of nitrogens with zero attached hydrogens (tertiary/aromatic N) is 4. The molecule has 1 amide bonds. The summed E-state index contributed by atoms with van der Waals surface area (Å²) in [5.74, 6) is 0.217. The molecule has 0 spiro atoms. The second-order valence-electron chi connectivity index (χ2n) is 8.24. The Morgan fingerprint density at radius 3 is 2.76 bits per heavy atom. The predicted molar refractivity (Wildman–Crippen MR) is 110 cm³/mol. The van der Waals surface area contributed by atoms with Gasteiger partial charge in [-0.2, -0.15) is 0 Å². The van der Waals surface area contributed by atoms with E-state index in [-0.39, 0.29) is 12.0 Å². The van der Waals surface area contributed by atoms with E-state index < -0.39 is 0 Å². The first-order chi connectivity index (χ1) is 14.2. The lowest BCUT2D eigenvalue weighted by molar-refractivity contribution is -0.135. The Morgan fingerprint density at radius 1 is 1.17 bits per heavy atom. The molecule has 7 nitrogen and oxygen atoms in total. The highest BCUT2D eigenvalue weighted by atomic mass is 16.5. The molecule has 4 rings (SSSR count). The number of aryl methyl sites for hydroxylation is 1. The first kappa shape index (κ1) is 20.0. The van der Waals surface area contributed by atoms with Crippen LogP contribution < -0.4 is 0 Å². The molecule has 0 radical (unpaired) electrons. The summed E-state index contributed by atoms with van der Waals surface area (Å²) in [6.07, 6.45) is 9.39. The number of imidazole rings is 1. The lowest BCUT2D eigenvalue weighted by Crippen LogP contribution is -2.45. The number of rotatable bonds is 6. The van der Waals surface area contributed by atoms with Gasteiger partial charge >= 0.3 is 0 Å². The van der Waals surface area contributed by atoms with Crippen molar-refractivity contribution < 1.29 is 9.53 Å². The number of nitrogens with one attached hydrogen (secondary N) is 1. The van der Waals surface area contributed by atoms with Crippen LogP contribution in [0, 0.1) is 6.92 Å². The van der Waals surface area contributed by atoms with Gasteiger partial charge in [-0.25, -0.2) is 4.98 Å². The molecule has 1 unspecified atom stereocenters. The highest BCUT2D eigenvalue weighted by Crippen LogP contribution is 2.25. The fourth-order valence-corrected chi connectivity index (χ4v) is 4.43. The van der Waals surface area contributed by atoms with Crippen molar-refractivity contribution in [1.82, 2.24) is 24.8 Å². The number of aromatic nitrogens is 3. The molecule has 1 saturated heterocycles. The predicted octanol–water partition coefficient (Wildman–Crippen LogP) is 2.68. The van der Waals surface area contributed by atoms with Crippen molar-refractivity contribution in [3.63, 3.8) is 0 Å². The van der Waals surface area contributed by atoms with E-state index in [1.807, 2.05) is 25.1 Å². The molecule has 2 aromatic heterocycles. The molecule has 156 valence electrons. The Balaban J connectivity index is 1.48. The molecule has 29 heavy (non-hydrogen) atoms. The minimum Gasteiger partial charge on any atom is -0.369 e. The van der Waals surface area contributed by atoms with Gasteiger partial charge in [0.2, 0.25) is 5.91 Å². The van der Waals surface area contributed by atoms with Crippen molar-refractivity contribution in [2.45, 2.75) is 64.3 Å². The quantitative estimate of drug-likeness (QED) is 0.811.